The summed E-state index contributed by atoms with van der Waals surface area (Å²) in [7, 11) is 0. The molecule has 0 aliphatic heterocycles. The number of hydrogen-bond donors (Lipinski definition) is 0. The maximum Gasteiger partial charge on any atom is 0.0202 e. The van der Waals surface area contributed by atoms with Crippen molar-refractivity contribution in [1.29, 1.82) is 0 Å². The van der Waals surface area contributed by atoms with E-state index in [1.165, 1.54) is 114 Å². The summed E-state index contributed by atoms with van der Waals surface area (Å²) in [6.45, 7) is 4.61. The first-order valence-electron chi connectivity index (χ1n) is 13.4. The molecule has 0 saturated heterocycles. The van der Waals surface area contributed by atoms with E-state index >= 15 is 0 Å². The van der Waals surface area contributed by atoms with Crippen LogP contribution in [0.3, 0.4) is 0 Å². The van der Waals surface area contributed by atoms with Crippen molar-refractivity contribution in [3.63, 3.8) is 0 Å². The summed E-state index contributed by atoms with van der Waals surface area (Å²) < 4.78 is 0. The Kier molecular flexibility index (Phi) is 13.4. The lowest BCUT2D eigenvalue weighted by atomic mass is 9.68. The Hall–Kier alpha value is -1.56. The fourth-order valence-electron chi connectivity index (χ4n) is 5.15. The van der Waals surface area contributed by atoms with Gasteiger partial charge in [-0.15, -0.1) is 0 Å². The predicted octanol–water partition coefficient (Wildman–Crippen LogP) is 10.3. The average molecular weight is 421 g/mol. The van der Waals surface area contributed by atoms with Gasteiger partial charge in [0.2, 0.25) is 0 Å². The summed E-state index contributed by atoms with van der Waals surface area (Å²) in [6, 6.07) is 22.8. The fourth-order valence-corrected chi connectivity index (χ4v) is 5.15. The van der Waals surface area contributed by atoms with E-state index in [9.17, 15) is 0 Å². The molecule has 2 aromatic rings. The molecule has 0 N–H and O–H groups in total. The number of unbranched alkanes of at least 4 members (excludes halogenated alkanes) is 12. The van der Waals surface area contributed by atoms with Crippen LogP contribution in [0.15, 0.2) is 60.7 Å². The SMILES string of the molecule is CCCCCCCCCC(CCCCCCCCC)(c1ccccc1)c1ccccc1. The molecule has 2 rings (SSSR count). The summed E-state index contributed by atoms with van der Waals surface area (Å²) in [5.41, 5.74) is 3.23. The first-order valence-corrected chi connectivity index (χ1v) is 13.4. The van der Waals surface area contributed by atoms with Crippen LogP contribution in [0.2, 0.25) is 0 Å². The van der Waals surface area contributed by atoms with Crippen LogP contribution >= 0.6 is 0 Å². The minimum absolute atomic E-state index is 0.176. The fraction of sp³-hybridized carbons (Fsp3) is 0.613. The van der Waals surface area contributed by atoms with Crippen LogP contribution in [-0.4, -0.2) is 0 Å². The van der Waals surface area contributed by atoms with Gasteiger partial charge in [0, 0.05) is 5.41 Å². The minimum Gasteiger partial charge on any atom is -0.0654 e. The molecule has 0 unspecified atom stereocenters. The third-order valence-corrected chi connectivity index (χ3v) is 7.07. The highest BCUT2D eigenvalue weighted by Gasteiger charge is 2.32. The highest BCUT2D eigenvalue weighted by atomic mass is 14.4. The summed E-state index contributed by atoms with van der Waals surface area (Å²) >= 11 is 0. The molecular formula is C31H48. The Balaban J connectivity index is 2.06. The van der Waals surface area contributed by atoms with Crippen molar-refractivity contribution in [3.05, 3.63) is 71.8 Å². The van der Waals surface area contributed by atoms with Gasteiger partial charge < -0.3 is 0 Å². The van der Waals surface area contributed by atoms with Gasteiger partial charge in [0.1, 0.15) is 0 Å². The standard InChI is InChI=1S/C31H48/c1-3-5-7-9-11-13-21-27-31(29-23-17-15-18-24-29,30-25-19-16-20-26-30)28-22-14-12-10-8-6-4-2/h15-20,23-26H,3-14,21-22,27-28H2,1-2H3. The van der Waals surface area contributed by atoms with E-state index in [0.717, 1.165) is 0 Å². The van der Waals surface area contributed by atoms with Gasteiger partial charge in [0.25, 0.3) is 0 Å². The van der Waals surface area contributed by atoms with Gasteiger partial charge in [0.05, 0.1) is 0 Å². The van der Waals surface area contributed by atoms with Crippen molar-refractivity contribution in [3.8, 4) is 0 Å². The van der Waals surface area contributed by atoms with Crippen LogP contribution in [0.25, 0.3) is 0 Å². The van der Waals surface area contributed by atoms with Crippen molar-refractivity contribution in [2.75, 3.05) is 0 Å². The topological polar surface area (TPSA) is 0 Å². The molecule has 172 valence electrons. The Bertz CT molecular complexity index is 583. The van der Waals surface area contributed by atoms with Crippen molar-refractivity contribution >= 4 is 0 Å². The summed E-state index contributed by atoms with van der Waals surface area (Å²) in [5, 5.41) is 0. The van der Waals surface area contributed by atoms with Gasteiger partial charge in [-0.1, -0.05) is 164 Å². The maximum absolute atomic E-state index is 2.38. The monoisotopic (exact) mass is 420 g/mol. The molecule has 0 heteroatoms. The van der Waals surface area contributed by atoms with Crippen LogP contribution in [0.4, 0.5) is 0 Å². The number of rotatable bonds is 18. The molecule has 0 fully saturated rings. The normalized spacial score (nSPS) is 11.7. The van der Waals surface area contributed by atoms with Crippen LogP contribution < -0.4 is 0 Å². The van der Waals surface area contributed by atoms with E-state index in [0.29, 0.717) is 0 Å². The molecule has 0 atom stereocenters. The first kappa shape index (κ1) is 25.7. The second-order valence-corrected chi connectivity index (χ2v) is 9.56. The summed E-state index contributed by atoms with van der Waals surface area (Å²) in [6.07, 6.45) is 21.9. The second-order valence-electron chi connectivity index (χ2n) is 9.56. The zero-order valence-corrected chi connectivity index (χ0v) is 20.6. The molecule has 0 bridgehead atoms. The third-order valence-electron chi connectivity index (χ3n) is 7.07. The Morgan fingerprint density at radius 1 is 0.419 bits per heavy atom. The lowest BCUT2D eigenvalue weighted by Crippen LogP contribution is -2.28. The zero-order chi connectivity index (χ0) is 22.0. The predicted molar refractivity (Wildman–Crippen MR) is 139 cm³/mol. The molecule has 0 aliphatic rings. The van der Waals surface area contributed by atoms with Crippen LogP contribution in [0.1, 0.15) is 128 Å². The molecule has 2 aromatic carbocycles. The van der Waals surface area contributed by atoms with E-state index in [1.54, 1.807) is 0 Å². The van der Waals surface area contributed by atoms with Crippen LogP contribution in [-0.2, 0) is 5.41 Å². The van der Waals surface area contributed by atoms with Gasteiger partial charge in [0.15, 0.2) is 0 Å². The first-order chi connectivity index (χ1) is 15.3. The molecule has 31 heavy (non-hydrogen) atoms. The molecule has 0 amide bonds. The van der Waals surface area contributed by atoms with Gasteiger partial charge in [-0.25, -0.2) is 0 Å². The largest absolute Gasteiger partial charge is 0.0654 e. The van der Waals surface area contributed by atoms with Crippen molar-refractivity contribution < 1.29 is 0 Å². The van der Waals surface area contributed by atoms with E-state index < -0.39 is 0 Å². The van der Waals surface area contributed by atoms with E-state index in [4.69, 9.17) is 0 Å². The quantitative estimate of drug-likeness (QED) is 0.210. The zero-order valence-electron chi connectivity index (χ0n) is 20.6. The summed E-state index contributed by atoms with van der Waals surface area (Å²) in [5.74, 6) is 0. The van der Waals surface area contributed by atoms with Gasteiger partial charge >= 0.3 is 0 Å². The lowest BCUT2D eigenvalue weighted by Gasteiger charge is -2.36. The van der Waals surface area contributed by atoms with Crippen LogP contribution in [0.5, 0.6) is 0 Å². The molecule has 0 aromatic heterocycles. The molecule has 0 heterocycles. The Morgan fingerprint density at radius 2 is 0.742 bits per heavy atom. The van der Waals surface area contributed by atoms with Crippen molar-refractivity contribution in [1.82, 2.24) is 0 Å². The third kappa shape index (κ3) is 9.22. The molecule has 0 aliphatic carbocycles. The Morgan fingerprint density at radius 3 is 1.10 bits per heavy atom. The Labute approximate surface area is 193 Å². The molecule has 0 radical (unpaired) electrons. The molecule has 0 saturated carbocycles. The van der Waals surface area contributed by atoms with E-state index in [1.807, 2.05) is 0 Å². The molecule has 0 nitrogen and oxygen atoms in total. The second kappa shape index (κ2) is 16.1. The van der Waals surface area contributed by atoms with E-state index in [2.05, 4.69) is 74.5 Å². The molecule has 0 spiro atoms. The van der Waals surface area contributed by atoms with E-state index in [-0.39, 0.29) is 5.41 Å². The van der Waals surface area contributed by atoms with Gasteiger partial charge in [-0.3, -0.25) is 0 Å². The smallest absolute Gasteiger partial charge is 0.0202 e. The number of hydrogen-bond acceptors (Lipinski definition) is 0. The number of benzene rings is 2. The average Bonchev–Trinajstić information content (AvgIpc) is 2.83. The minimum atomic E-state index is 0.176. The van der Waals surface area contributed by atoms with Crippen molar-refractivity contribution in [2.45, 2.75) is 122 Å². The highest BCUT2D eigenvalue weighted by Crippen LogP contribution is 2.42. The highest BCUT2D eigenvalue weighted by molar-refractivity contribution is 5.39. The van der Waals surface area contributed by atoms with Gasteiger partial charge in [-0.05, 0) is 24.0 Å². The summed E-state index contributed by atoms with van der Waals surface area (Å²) in [4.78, 5) is 0. The molecular weight excluding hydrogens is 372 g/mol. The lowest BCUT2D eigenvalue weighted by molar-refractivity contribution is 0.390. The van der Waals surface area contributed by atoms with Gasteiger partial charge in [-0.2, -0.15) is 0 Å². The van der Waals surface area contributed by atoms with Crippen LogP contribution in [0, 0.1) is 0 Å². The van der Waals surface area contributed by atoms with Crippen molar-refractivity contribution in [2.24, 2.45) is 0 Å². The maximum atomic E-state index is 2.38.